The summed E-state index contributed by atoms with van der Waals surface area (Å²) in [6, 6.07) is 3.44. The van der Waals surface area contributed by atoms with Gasteiger partial charge >= 0.3 is 0 Å². The van der Waals surface area contributed by atoms with Crippen LogP contribution in [0, 0.1) is 17.5 Å². The number of ether oxygens (including phenoxy) is 1. The van der Waals surface area contributed by atoms with Gasteiger partial charge in [-0.3, -0.25) is 14.6 Å². The number of unbranched alkanes of at least 4 members (excludes halogenated alkanes) is 1. The molecule has 6 nitrogen and oxygen atoms in total. The van der Waals surface area contributed by atoms with Gasteiger partial charge in [-0.2, -0.15) is 4.39 Å². The highest BCUT2D eigenvalue weighted by molar-refractivity contribution is 5.98. The van der Waals surface area contributed by atoms with E-state index in [1.54, 1.807) is 6.07 Å². The minimum absolute atomic E-state index is 0.252. The Bertz CT molecular complexity index is 819. The molecule has 0 aliphatic rings. The molecule has 1 atom stereocenters. The van der Waals surface area contributed by atoms with Gasteiger partial charge in [0.25, 0.3) is 5.91 Å². The summed E-state index contributed by atoms with van der Waals surface area (Å²) in [6.07, 6.45) is 4.27. The highest BCUT2D eigenvalue weighted by atomic mass is 19.2. The number of aromatic nitrogens is 1. The Hall–Kier alpha value is -2.94. The maximum atomic E-state index is 13.7. The van der Waals surface area contributed by atoms with E-state index in [0.717, 1.165) is 0 Å². The van der Waals surface area contributed by atoms with E-state index in [1.165, 1.54) is 18.5 Å². The molecule has 1 aromatic heterocycles. The van der Waals surface area contributed by atoms with Gasteiger partial charge in [-0.15, -0.1) is 0 Å². The fraction of sp³-hybridized carbons (Fsp3) is 0.316. The summed E-state index contributed by atoms with van der Waals surface area (Å²) in [6.45, 7) is -0.328. The zero-order valence-corrected chi connectivity index (χ0v) is 15.0. The van der Waals surface area contributed by atoms with Crippen molar-refractivity contribution >= 4 is 11.7 Å². The Morgan fingerprint density at radius 2 is 1.89 bits per heavy atom. The molecule has 1 heterocycles. The van der Waals surface area contributed by atoms with Crippen molar-refractivity contribution in [1.29, 1.82) is 0 Å². The summed E-state index contributed by atoms with van der Waals surface area (Å²) in [4.78, 5) is 28.6. The second-order valence-electron chi connectivity index (χ2n) is 5.98. The standard InChI is InChI=1S/C19H20F3N3O3/c20-13-6-7-14(21)18(17(13)22)28-11-16(26)15(5-1-2-8-23)25-19(27)12-4-3-9-24-10-12/h3-4,6-7,9-10,15H,1-2,5,8,11,23H2,(H,25,27). The molecule has 1 amide bonds. The number of benzene rings is 1. The molecule has 0 aliphatic carbocycles. The predicted molar refractivity (Wildman–Crippen MR) is 95.2 cm³/mol. The molecule has 28 heavy (non-hydrogen) atoms. The largest absolute Gasteiger partial charge is 0.480 e. The van der Waals surface area contributed by atoms with Crippen molar-refractivity contribution in [3.8, 4) is 5.75 Å². The van der Waals surface area contributed by atoms with Crippen molar-refractivity contribution < 1.29 is 27.5 Å². The normalized spacial score (nSPS) is 11.7. The zero-order chi connectivity index (χ0) is 20.5. The molecule has 0 bridgehead atoms. The number of pyridine rings is 1. The molecule has 2 aromatic rings. The van der Waals surface area contributed by atoms with Gasteiger partial charge in [0.15, 0.2) is 23.2 Å². The monoisotopic (exact) mass is 395 g/mol. The van der Waals surface area contributed by atoms with E-state index < -0.39 is 47.5 Å². The summed E-state index contributed by atoms with van der Waals surface area (Å²) in [5.41, 5.74) is 5.69. The maximum Gasteiger partial charge on any atom is 0.253 e. The van der Waals surface area contributed by atoms with Crippen LogP contribution in [0.25, 0.3) is 0 Å². The number of nitrogens with zero attached hydrogens (tertiary/aromatic N) is 1. The third-order valence-electron chi connectivity index (χ3n) is 3.93. The molecule has 1 aromatic carbocycles. The van der Waals surface area contributed by atoms with Crippen LogP contribution in [0.1, 0.15) is 29.6 Å². The summed E-state index contributed by atoms with van der Waals surface area (Å²) in [7, 11) is 0. The van der Waals surface area contributed by atoms with Crippen LogP contribution in [0.3, 0.4) is 0 Å². The van der Waals surface area contributed by atoms with E-state index in [2.05, 4.69) is 10.3 Å². The second-order valence-corrected chi connectivity index (χ2v) is 5.98. The lowest BCUT2D eigenvalue weighted by Crippen LogP contribution is -2.43. The van der Waals surface area contributed by atoms with Crippen LogP contribution >= 0.6 is 0 Å². The topological polar surface area (TPSA) is 94.3 Å². The number of Topliss-reactive ketones (excluding diaryl/α,β-unsaturated/α-hetero) is 1. The van der Waals surface area contributed by atoms with Crippen molar-refractivity contribution in [1.82, 2.24) is 10.3 Å². The molecule has 150 valence electrons. The first-order valence-corrected chi connectivity index (χ1v) is 8.64. The van der Waals surface area contributed by atoms with E-state index in [-0.39, 0.29) is 12.0 Å². The molecular formula is C19H20F3N3O3. The molecule has 9 heteroatoms. The van der Waals surface area contributed by atoms with Crippen molar-refractivity contribution in [3.63, 3.8) is 0 Å². The summed E-state index contributed by atoms with van der Waals surface area (Å²) >= 11 is 0. The quantitative estimate of drug-likeness (QED) is 0.476. The Kier molecular flexibility index (Phi) is 7.94. The summed E-state index contributed by atoms with van der Waals surface area (Å²) in [5.74, 6) is -6.07. The number of amides is 1. The van der Waals surface area contributed by atoms with E-state index in [4.69, 9.17) is 10.5 Å². The number of carbonyl (C=O) groups is 2. The van der Waals surface area contributed by atoms with Crippen molar-refractivity contribution in [2.75, 3.05) is 13.2 Å². The van der Waals surface area contributed by atoms with Gasteiger partial charge in [0, 0.05) is 12.4 Å². The molecule has 0 saturated carbocycles. The molecule has 0 saturated heterocycles. The number of ketones is 1. The Morgan fingerprint density at radius 1 is 1.14 bits per heavy atom. The summed E-state index contributed by atoms with van der Waals surface area (Å²) in [5, 5.41) is 2.56. The Labute approximate surface area is 159 Å². The van der Waals surface area contributed by atoms with Crippen molar-refractivity contribution in [2.24, 2.45) is 5.73 Å². The van der Waals surface area contributed by atoms with Crippen molar-refractivity contribution in [3.05, 3.63) is 59.7 Å². The van der Waals surface area contributed by atoms with Gasteiger partial charge < -0.3 is 15.8 Å². The first-order chi connectivity index (χ1) is 13.4. The predicted octanol–water partition coefficient (Wildman–Crippen LogP) is 2.37. The van der Waals surface area contributed by atoms with E-state index in [1.807, 2.05) is 0 Å². The number of nitrogens with one attached hydrogen (secondary N) is 1. The molecule has 0 spiro atoms. The van der Waals surface area contributed by atoms with Crippen LogP contribution in [0.2, 0.25) is 0 Å². The first-order valence-electron chi connectivity index (χ1n) is 8.64. The van der Waals surface area contributed by atoms with Crippen LogP contribution in [-0.4, -0.2) is 35.9 Å². The molecule has 0 aliphatic heterocycles. The molecule has 0 fully saturated rings. The number of halogens is 3. The molecular weight excluding hydrogens is 375 g/mol. The molecule has 1 unspecified atom stereocenters. The average molecular weight is 395 g/mol. The van der Waals surface area contributed by atoms with Gasteiger partial charge in [0.05, 0.1) is 11.6 Å². The highest BCUT2D eigenvalue weighted by Gasteiger charge is 2.23. The van der Waals surface area contributed by atoms with Gasteiger partial charge in [-0.05, 0) is 50.1 Å². The zero-order valence-electron chi connectivity index (χ0n) is 15.0. The minimum atomic E-state index is -1.52. The lowest BCUT2D eigenvalue weighted by molar-refractivity contribution is -0.123. The van der Waals surface area contributed by atoms with Crippen LogP contribution in [0.4, 0.5) is 13.2 Å². The highest BCUT2D eigenvalue weighted by Crippen LogP contribution is 2.23. The third-order valence-corrected chi connectivity index (χ3v) is 3.93. The lowest BCUT2D eigenvalue weighted by atomic mass is 10.0. The summed E-state index contributed by atoms with van der Waals surface area (Å²) < 4.78 is 45.4. The third kappa shape index (κ3) is 5.78. The Morgan fingerprint density at radius 3 is 2.57 bits per heavy atom. The average Bonchev–Trinajstić information content (AvgIpc) is 2.70. The van der Waals surface area contributed by atoms with Gasteiger partial charge in [-0.1, -0.05) is 0 Å². The molecule has 0 radical (unpaired) electrons. The van der Waals surface area contributed by atoms with Gasteiger partial charge in [0.2, 0.25) is 5.82 Å². The minimum Gasteiger partial charge on any atom is -0.480 e. The van der Waals surface area contributed by atoms with E-state index in [0.29, 0.717) is 31.5 Å². The van der Waals surface area contributed by atoms with Crippen LogP contribution in [-0.2, 0) is 4.79 Å². The fourth-order valence-corrected chi connectivity index (χ4v) is 2.43. The maximum absolute atomic E-state index is 13.7. The van der Waals surface area contributed by atoms with Crippen LogP contribution in [0.15, 0.2) is 36.7 Å². The molecule has 3 N–H and O–H groups in total. The number of nitrogens with two attached hydrogens (primary N) is 1. The SMILES string of the molecule is NCCCCC(NC(=O)c1cccnc1)C(=O)COc1c(F)ccc(F)c1F. The van der Waals surface area contributed by atoms with Crippen molar-refractivity contribution in [2.45, 2.75) is 25.3 Å². The van der Waals surface area contributed by atoms with Crippen LogP contribution < -0.4 is 15.8 Å². The molecule has 2 rings (SSSR count). The lowest BCUT2D eigenvalue weighted by Gasteiger charge is -2.18. The van der Waals surface area contributed by atoms with Gasteiger partial charge in [-0.25, -0.2) is 8.78 Å². The number of hydrogen-bond donors (Lipinski definition) is 2. The number of hydrogen-bond acceptors (Lipinski definition) is 5. The van der Waals surface area contributed by atoms with E-state index in [9.17, 15) is 22.8 Å². The number of carbonyl (C=O) groups excluding carboxylic acids is 2. The van der Waals surface area contributed by atoms with Gasteiger partial charge in [0.1, 0.15) is 6.61 Å². The Balaban J connectivity index is 2.06. The smallest absolute Gasteiger partial charge is 0.253 e. The first kappa shape index (κ1) is 21.4. The van der Waals surface area contributed by atoms with Crippen LogP contribution in [0.5, 0.6) is 5.75 Å². The fourth-order valence-electron chi connectivity index (χ4n) is 2.43. The number of rotatable bonds is 10. The van der Waals surface area contributed by atoms with E-state index >= 15 is 0 Å². The second kappa shape index (κ2) is 10.4.